The fourth-order valence-corrected chi connectivity index (χ4v) is 4.16. The van der Waals surface area contributed by atoms with Gasteiger partial charge in [0.05, 0.1) is 31.7 Å². The predicted molar refractivity (Wildman–Crippen MR) is 124 cm³/mol. The first-order valence-electron chi connectivity index (χ1n) is 10.5. The number of phenolic OH excluding ortho intramolecular Hbond substituents is 1. The van der Waals surface area contributed by atoms with E-state index in [-0.39, 0.29) is 5.75 Å². The normalized spacial score (nSPS) is 14.1. The molecular weight excluding hydrogens is 388 g/mol. The van der Waals surface area contributed by atoms with Crippen molar-refractivity contribution in [1.29, 1.82) is 0 Å². The highest BCUT2D eigenvalue weighted by molar-refractivity contribution is 5.80. The Bertz CT molecular complexity index is 1270. The number of para-hydroxylation sites is 1. The van der Waals surface area contributed by atoms with E-state index in [1.807, 2.05) is 36.4 Å². The third-order valence-corrected chi connectivity index (χ3v) is 5.84. The van der Waals surface area contributed by atoms with E-state index < -0.39 is 0 Å². The van der Waals surface area contributed by atoms with Gasteiger partial charge in [-0.2, -0.15) is 0 Å². The topological polar surface area (TPSA) is 48.9 Å². The summed E-state index contributed by atoms with van der Waals surface area (Å²) in [5, 5.41) is 12.1. The van der Waals surface area contributed by atoms with Gasteiger partial charge in [-0.3, -0.25) is 0 Å². The molecule has 1 aliphatic rings. The Balaban J connectivity index is 1.59. The van der Waals surface area contributed by atoms with Crippen LogP contribution in [0.4, 0.5) is 5.69 Å². The van der Waals surface area contributed by atoms with Gasteiger partial charge in [0.2, 0.25) is 5.36 Å². The third-order valence-electron chi connectivity index (χ3n) is 5.84. The molecule has 0 spiro atoms. The van der Waals surface area contributed by atoms with Crippen molar-refractivity contribution in [2.24, 2.45) is 0 Å². The molecule has 0 bridgehead atoms. The number of hydrogen-bond acceptors (Lipinski definition) is 4. The second-order valence-electron chi connectivity index (χ2n) is 7.71. The minimum Gasteiger partial charge on any atom is -0.508 e. The first-order chi connectivity index (χ1) is 15.2. The van der Waals surface area contributed by atoms with E-state index in [0.29, 0.717) is 0 Å². The molecule has 156 valence electrons. The van der Waals surface area contributed by atoms with E-state index in [1.165, 1.54) is 5.69 Å². The Morgan fingerprint density at radius 2 is 1.65 bits per heavy atom. The molecule has 0 atom stereocenters. The zero-order chi connectivity index (χ0) is 21.2. The van der Waals surface area contributed by atoms with Gasteiger partial charge in [-0.25, -0.2) is 4.58 Å². The Kier molecular flexibility index (Phi) is 5.08. The lowest BCUT2D eigenvalue weighted by Gasteiger charge is -2.27. The van der Waals surface area contributed by atoms with Gasteiger partial charge >= 0.3 is 0 Å². The van der Waals surface area contributed by atoms with E-state index in [2.05, 4.69) is 39.8 Å². The van der Waals surface area contributed by atoms with E-state index >= 15 is 0 Å². The SMILES string of the molecule is COc1ccc(-c2cc(=[N+]3CCN(c4ccccc4)CC3)c3cc(O)ccc3o2)cc1. The number of phenols is 1. The largest absolute Gasteiger partial charge is 0.508 e. The summed E-state index contributed by atoms with van der Waals surface area (Å²) in [4.78, 5) is 2.41. The number of anilines is 1. The molecule has 0 amide bonds. The van der Waals surface area contributed by atoms with Crippen LogP contribution in [0.15, 0.2) is 83.3 Å². The van der Waals surface area contributed by atoms with Crippen LogP contribution in [0.25, 0.3) is 22.3 Å². The molecule has 3 aromatic carbocycles. The Morgan fingerprint density at radius 1 is 0.903 bits per heavy atom. The second-order valence-corrected chi connectivity index (χ2v) is 7.71. The summed E-state index contributed by atoms with van der Waals surface area (Å²) in [6, 6.07) is 25.8. The molecule has 1 N–H and O–H groups in total. The second kappa shape index (κ2) is 8.19. The molecule has 5 heteroatoms. The highest BCUT2D eigenvalue weighted by Crippen LogP contribution is 2.26. The Hall–Kier alpha value is -3.73. The van der Waals surface area contributed by atoms with Gasteiger partial charge in [0, 0.05) is 11.3 Å². The average Bonchev–Trinajstić information content (AvgIpc) is 2.84. The fraction of sp³-hybridized carbons (Fsp3) is 0.192. The van der Waals surface area contributed by atoms with Gasteiger partial charge in [0.15, 0.2) is 13.1 Å². The summed E-state index contributed by atoms with van der Waals surface area (Å²) in [6.07, 6.45) is 0. The number of fused-ring (bicyclic) bond motifs is 1. The number of benzene rings is 3. The van der Waals surface area contributed by atoms with E-state index in [1.54, 1.807) is 19.2 Å². The van der Waals surface area contributed by atoms with Crippen molar-refractivity contribution >= 4 is 16.7 Å². The summed E-state index contributed by atoms with van der Waals surface area (Å²) in [6.45, 7) is 3.67. The van der Waals surface area contributed by atoms with Gasteiger partial charge < -0.3 is 19.2 Å². The maximum Gasteiger partial charge on any atom is 0.215 e. The molecule has 0 radical (unpaired) electrons. The van der Waals surface area contributed by atoms with Crippen LogP contribution in [0, 0.1) is 0 Å². The van der Waals surface area contributed by atoms with Gasteiger partial charge in [-0.15, -0.1) is 0 Å². The fourth-order valence-electron chi connectivity index (χ4n) is 4.16. The van der Waals surface area contributed by atoms with E-state index in [9.17, 15) is 5.11 Å². The Morgan fingerprint density at radius 3 is 2.35 bits per heavy atom. The van der Waals surface area contributed by atoms with Gasteiger partial charge in [0.1, 0.15) is 22.8 Å². The molecule has 1 saturated heterocycles. The first kappa shape index (κ1) is 19.2. The molecule has 2 heterocycles. The maximum atomic E-state index is 10.1. The van der Waals surface area contributed by atoms with Gasteiger partial charge in [-0.05, 0) is 54.6 Å². The molecule has 4 aromatic rings. The predicted octanol–water partition coefficient (Wildman–Crippen LogP) is 4.11. The van der Waals surface area contributed by atoms with E-state index in [0.717, 1.165) is 59.6 Å². The zero-order valence-electron chi connectivity index (χ0n) is 17.5. The van der Waals surface area contributed by atoms with Gasteiger partial charge in [0.25, 0.3) is 0 Å². The molecular formula is C26H25N2O3+. The van der Waals surface area contributed by atoms with Crippen LogP contribution in [0.1, 0.15) is 0 Å². The molecule has 5 rings (SSSR count). The molecule has 1 aromatic heterocycles. The molecule has 31 heavy (non-hydrogen) atoms. The van der Waals surface area contributed by atoms with Crippen molar-refractivity contribution in [2.45, 2.75) is 0 Å². The van der Waals surface area contributed by atoms with Crippen LogP contribution < -0.4 is 19.6 Å². The van der Waals surface area contributed by atoms with Crippen LogP contribution in [-0.2, 0) is 0 Å². The van der Waals surface area contributed by atoms with Crippen LogP contribution in [0.3, 0.4) is 0 Å². The van der Waals surface area contributed by atoms with Gasteiger partial charge in [-0.1, -0.05) is 18.2 Å². The van der Waals surface area contributed by atoms with Crippen molar-refractivity contribution in [3.63, 3.8) is 0 Å². The quantitative estimate of drug-likeness (QED) is 0.514. The summed E-state index contributed by atoms with van der Waals surface area (Å²) < 4.78 is 13.9. The molecule has 1 aliphatic heterocycles. The van der Waals surface area contributed by atoms with Crippen molar-refractivity contribution in [2.75, 3.05) is 38.2 Å². The molecule has 0 aliphatic carbocycles. The first-order valence-corrected chi connectivity index (χ1v) is 10.5. The van der Waals surface area contributed by atoms with Crippen LogP contribution >= 0.6 is 0 Å². The summed E-state index contributed by atoms with van der Waals surface area (Å²) in [5.74, 6) is 1.84. The highest BCUT2D eigenvalue weighted by atomic mass is 16.5. The third kappa shape index (κ3) is 3.87. The number of hydrogen-bond donors (Lipinski definition) is 1. The average molecular weight is 413 g/mol. The van der Waals surface area contributed by atoms with Crippen molar-refractivity contribution in [3.05, 3.63) is 84.2 Å². The monoisotopic (exact) mass is 413 g/mol. The van der Waals surface area contributed by atoms with Crippen molar-refractivity contribution in [3.8, 4) is 22.8 Å². The zero-order valence-corrected chi connectivity index (χ0v) is 17.5. The molecule has 0 saturated carbocycles. The number of nitrogens with zero attached hydrogens (tertiary/aromatic N) is 2. The number of piperazine rings is 1. The lowest BCUT2D eigenvalue weighted by atomic mass is 10.1. The van der Waals surface area contributed by atoms with Crippen LogP contribution in [-0.4, -0.2) is 38.4 Å². The lowest BCUT2D eigenvalue weighted by molar-refractivity contribution is 0.415. The number of rotatable bonds is 3. The Labute approximate surface area is 181 Å². The van der Waals surface area contributed by atoms with Crippen molar-refractivity contribution in [1.82, 2.24) is 4.58 Å². The minimum atomic E-state index is 0.240. The highest BCUT2D eigenvalue weighted by Gasteiger charge is 2.21. The standard InChI is InChI=1S/C26H24N2O3/c1-30-22-10-7-19(8-11-22)26-18-24(23-17-21(29)9-12-25(23)31-26)28-15-13-27(14-16-28)20-5-3-2-4-6-20/h2-12,17-18H,13-16H2,1H3/p+1. The van der Waals surface area contributed by atoms with Crippen LogP contribution in [0.2, 0.25) is 0 Å². The molecule has 5 nitrogen and oxygen atoms in total. The van der Waals surface area contributed by atoms with E-state index in [4.69, 9.17) is 9.15 Å². The molecule has 0 unspecified atom stereocenters. The number of aromatic hydroxyl groups is 1. The lowest BCUT2D eigenvalue weighted by Crippen LogP contribution is -2.48. The summed E-state index contributed by atoms with van der Waals surface area (Å²) in [5.41, 5.74) is 3.00. The van der Waals surface area contributed by atoms with Crippen molar-refractivity contribution < 1.29 is 14.3 Å². The minimum absolute atomic E-state index is 0.240. The summed E-state index contributed by atoms with van der Waals surface area (Å²) in [7, 11) is 1.66. The number of methoxy groups -OCH3 is 1. The molecule has 1 fully saturated rings. The summed E-state index contributed by atoms with van der Waals surface area (Å²) >= 11 is 0. The number of ether oxygens (including phenoxy) is 1. The smallest absolute Gasteiger partial charge is 0.215 e. The van der Waals surface area contributed by atoms with Crippen LogP contribution in [0.5, 0.6) is 11.5 Å². The maximum absolute atomic E-state index is 10.1.